The molecule has 1 aliphatic rings. The molecule has 0 spiro atoms. The van der Waals surface area contributed by atoms with Crippen molar-refractivity contribution < 1.29 is 22.7 Å². The van der Waals surface area contributed by atoms with E-state index in [0.717, 1.165) is 31.2 Å². The second-order valence-corrected chi connectivity index (χ2v) is 6.27. The summed E-state index contributed by atoms with van der Waals surface area (Å²) in [5.41, 5.74) is 7.44. The molecule has 1 fully saturated rings. The highest BCUT2D eigenvalue weighted by atomic mass is 35.5. The van der Waals surface area contributed by atoms with Crippen molar-refractivity contribution >= 4 is 18.3 Å². The standard InChI is InChI=1S/C17H23F3N2O2.ClH/c18-17(19,20)11-24-10-13-6-4-12(5-7-13)9-22-16(23)14-2-1-3-15(21)8-14;/h4-7,14-15H,1-3,8-11,21H2,(H,22,23);1H. The van der Waals surface area contributed by atoms with E-state index in [0.29, 0.717) is 12.1 Å². The minimum Gasteiger partial charge on any atom is -0.367 e. The van der Waals surface area contributed by atoms with Crippen molar-refractivity contribution in [2.24, 2.45) is 11.7 Å². The maximum absolute atomic E-state index is 12.1. The van der Waals surface area contributed by atoms with Gasteiger partial charge in [-0.25, -0.2) is 0 Å². The lowest BCUT2D eigenvalue weighted by atomic mass is 9.85. The van der Waals surface area contributed by atoms with Crippen molar-refractivity contribution in [1.29, 1.82) is 0 Å². The first-order valence-electron chi connectivity index (χ1n) is 8.09. The van der Waals surface area contributed by atoms with Crippen molar-refractivity contribution in [3.8, 4) is 0 Å². The summed E-state index contributed by atoms with van der Waals surface area (Å²) in [6.07, 6.45) is -0.768. The average Bonchev–Trinajstić information content (AvgIpc) is 2.52. The summed E-state index contributed by atoms with van der Waals surface area (Å²) in [5.74, 6) is -0.00784. The van der Waals surface area contributed by atoms with Gasteiger partial charge in [-0.15, -0.1) is 12.4 Å². The number of benzene rings is 1. The Morgan fingerprint density at radius 1 is 1.20 bits per heavy atom. The van der Waals surface area contributed by atoms with Gasteiger partial charge in [-0.05, 0) is 30.4 Å². The van der Waals surface area contributed by atoms with Crippen molar-refractivity contribution in [1.82, 2.24) is 5.32 Å². The van der Waals surface area contributed by atoms with Gasteiger partial charge in [-0.3, -0.25) is 4.79 Å². The van der Waals surface area contributed by atoms with Crippen molar-refractivity contribution in [3.05, 3.63) is 35.4 Å². The molecule has 1 amide bonds. The molecule has 3 N–H and O–H groups in total. The quantitative estimate of drug-likeness (QED) is 0.795. The highest BCUT2D eigenvalue weighted by molar-refractivity contribution is 5.85. The van der Waals surface area contributed by atoms with E-state index < -0.39 is 12.8 Å². The van der Waals surface area contributed by atoms with Crippen molar-refractivity contribution in [3.63, 3.8) is 0 Å². The van der Waals surface area contributed by atoms with Crippen LogP contribution in [0.2, 0.25) is 0 Å². The Hall–Kier alpha value is -1.31. The predicted octanol–water partition coefficient (Wildman–Crippen LogP) is 3.32. The van der Waals surface area contributed by atoms with Crippen LogP contribution in [0.3, 0.4) is 0 Å². The third-order valence-electron chi connectivity index (χ3n) is 4.11. The Morgan fingerprint density at radius 3 is 2.44 bits per heavy atom. The number of hydrogen-bond donors (Lipinski definition) is 2. The number of nitrogens with one attached hydrogen (secondary N) is 1. The van der Waals surface area contributed by atoms with E-state index in [9.17, 15) is 18.0 Å². The Balaban J connectivity index is 0.00000312. The lowest BCUT2D eigenvalue weighted by Crippen LogP contribution is -2.37. The average molecular weight is 381 g/mol. The third kappa shape index (κ3) is 8.07. The molecule has 1 aromatic rings. The number of carbonyl (C=O) groups is 1. The summed E-state index contributed by atoms with van der Waals surface area (Å²) < 4.78 is 40.6. The summed E-state index contributed by atoms with van der Waals surface area (Å²) in [5, 5.41) is 2.90. The Morgan fingerprint density at radius 2 is 1.84 bits per heavy atom. The predicted molar refractivity (Wildman–Crippen MR) is 91.2 cm³/mol. The Labute approximate surface area is 151 Å². The summed E-state index contributed by atoms with van der Waals surface area (Å²) in [6.45, 7) is -0.950. The van der Waals surface area contributed by atoms with Crippen LogP contribution in [0.1, 0.15) is 36.8 Å². The van der Waals surface area contributed by atoms with E-state index in [-0.39, 0.29) is 36.9 Å². The van der Waals surface area contributed by atoms with E-state index in [1.165, 1.54) is 0 Å². The van der Waals surface area contributed by atoms with E-state index in [2.05, 4.69) is 10.1 Å². The maximum atomic E-state index is 12.1. The summed E-state index contributed by atoms with van der Waals surface area (Å²) in [4.78, 5) is 12.1. The van der Waals surface area contributed by atoms with Crippen LogP contribution in [-0.2, 0) is 22.7 Å². The fourth-order valence-corrected chi connectivity index (χ4v) is 2.84. The Kier molecular flexibility index (Phi) is 8.68. The van der Waals surface area contributed by atoms with Gasteiger partial charge in [0.15, 0.2) is 0 Å². The van der Waals surface area contributed by atoms with Crippen molar-refractivity contribution in [2.45, 2.75) is 51.1 Å². The molecule has 0 saturated heterocycles. The molecule has 0 heterocycles. The van der Waals surface area contributed by atoms with Crippen LogP contribution in [-0.4, -0.2) is 24.7 Å². The van der Waals surface area contributed by atoms with Gasteiger partial charge in [0, 0.05) is 18.5 Å². The highest BCUT2D eigenvalue weighted by Crippen LogP contribution is 2.23. The first-order valence-corrected chi connectivity index (χ1v) is 8.09. The van der Waals surface area contributed by atoms with Crippen LogP contribution in [0.4, 0.5) is 13.2 Å². The van der Waals surface area contributed by atoms with Gasteiger partial charge in [0.05, 0.1) is 6.61 Å². The van der Waals surface area contributed by atoms with Gasteiger partial charge in [0.25, 0.3) is 0 Å². The molecule has 0 aliphatic heterocycles. The number of halogens is 4. The fraction of sp³-hybridized carbons (Fsp3) is 0.588. The van der Waals surface area contributed by atoms with Crippen molar-refractivity contribution in [2.75, 3.05) is 6.61 Å². The Bertz CT molecular complexity index is 538. The lowest BCUT2D eigenvalue weighted by molar-refractivity contribution is -0.176. The normalized spacial score (nSPS) is 20.6. The number of amides is 1. The molecule has 4 nitrogen and oxygen atoms in total. The summed E-state index contributed by atoms with van der Waals surface area (Å²) in [6, 6.07) is 7.06. The molecule has 2 rings (SSSR count). The van der Waals surface area contributed by atoms with Gasteiger partial charge < -0.3 is 15.8 Å². The minimum atomic E-state index is -4.31. The van der Waals surface area contributed by atoms with E-state index >= 15 is 0 Å². The number of nitrogens with two attached hydrogens (primary N) is 1. The molecule has 1 aromatic carbocycles. The molecular weight excluding hydrogens is 357 g/mol. The molecule has 1 aliphatic carbocycles. The zero-order valence-corrected chi connectivity index (χ0v) is 14.7. The van der Waals surface area contributed by atoms with Crippen LogP contribution in [0.15, 0.2) is 24.3 Å². The lowest BCUT2D eigenvalue weighted by Gasteiger charge is -2.25. The van der Waals surface area contributed by atoms with E-state index in [1.807, 2.05) is 0 Å². The molecule has 2 unspecified atom stereocenters. The molecule has 142 valence electrons. The van der Waals surface area contributed by atoms with Gasteiger partial charge >= 0.3 is 6.18 Å². The molecule has 0 bridgehead atoms. The van der Waals surface area contributed by atoms with Gasteiger partial charge in [-0.1, -0.05) is 30.7 Å². The van der Waals surface area contributed by atoms with Crippen LogP contribution < -0.4 is 11.1 Å². The monoisotopic (exact) mass is 380 g/mol. The molecule has 1 saturated carbocycles. The van der Waals surface area contributed by atoms with Crippen LogP contribution in [0.25, 0.3) is 0 Å². The molecule has 25 heavy (non-hydrogen) atoms. The van der Waals surface area contributed by atoms with Crippen LogP contribution in [0, 0.1) is 5.92 Å². The third-order valence-corrected chi connectivity index (χ3v) is 4.11. The number of hydrogen-bond acceptors (Lipinski definition) is 3. The maximum Gasteiger partial charge on any atom is 0.411 e. The molecule has 8 heteroatoms. The zero-order valence-electron chi connectivity index (χ0n) is 13.8. The number of carbonyl (C=O) groups excluding carboxylic acids is 1. The molecule has 0 radical (unpaired) electrons. The second-order valence-electron chi connectivity index (χ2n) is 6.27. The first kappa shape index (κ1) is 21.7. The van der Waals surface area contributed by atoms with Gasteiger partial charge in [0.2, 0.25) is 5.91 Å². The van der Waals surface area contributed by atoms with Crippen LogP contribution >= 0.6 is 12.4 Å². The number of alkyl halides is 3. The second kappa shape index (κ2) is 9.99. The molecular formula is C17H24ClF3N2O2. The zero-order chi connectivity index (χ0) is 17.6. The number of ether oxygens (including phenoxy) is 1. The van der Waals surface area contributed by atoms with E-state index in [1.54, 1.807) is 24.3 Å². The molecule has 0 aromatic heterocycles. The minimum absolute atomic E-state index is 0. The molecule has 2 atom stereocenters. The van der Waals surface area contributed by atoms with Crippen LogP contribution in [0.5, 0.6) is 0 Å². The number of rotatable bonds is 6. The first-order chi connectivity index (χ1) is 11.3. The smallest absolute Gasteiger partial charge is 0.367 e. The van der Waals surface area contributed by atoms with E-state index in [4.69, 9.17) is 5.73 Å². The highest BCUT2D eigenvalue weighted by Gasteiger charge is 2.27. The van der Waals surface area contributed by atoms with Gasteiger partial charge in [0.1, 0.15) is 6.61 Å². The SMILES string of the molecule is Cl.NC1CCCC(C(=O)NCc2ccc(COCC(F)(F)F)cc2)C1. The largest absolute Gasteiger partial charge is 0.411 e. The summed E-state index contributed by atoms with van der Waals surface area (Å²) in [7, 11) is 0. The van der Waals surface area contributed by atoms with Gasteiger partial charge in [-0.2, -0.15) is 13.2 Å². The summed E-state index contributed by atoms with van der Waals surface area (Å²) >= 11 is 0. The fourth-order valence-electron chi connectivity index (χ4n) is 2.84. The topological polar surface area (TPSA) is 64.4 Å².